The zero-order valence-corrected chi connectivity index (χ0v) is 15.8. The van der Waals surface area contributed by atoms with E-state index in [2.05, 4.69) is 29.6 Å². The third kappa shape index (κ3) is 3.08. The molecule has 0 spiro atoms. The molecule has 2 N–H and O–H groups in total. The average Bonchev–Trinajstić information content (AvgIpc) is 2.96. The number of nitrogens with one attached hydrogen (secondary N) is 1. The van der Waals surface area contributed by atoms with Crippen molar-refractivity contribution in [2.75, 3.05) is 12.9 Å². The van der Waals surface area contributed by atoms with E-state index in [9.17, 15) is 14.7 Å². The molecule has 1 fully saturated rings. The summed E-state index contributed by atoms with van der Waals surface area (Å²) in [4.78, 5) is 23.5. The molecule has 6 heteroatoms. The largest absolute Gasteiger partial charge is 0.480 e. The number of carboxylic acid groups (broad SMARTS) is 1. The van der Waals surface area contributed by atoms with Crippen molar-refractivity contribution in [3.63, 3.8) is 0 Å². The minimum absolute atomic E-state index is 0.0221. The molecule has 0 aromatic heterocycles. The Morgan fingerprint density at radius 2 is 1.67 bits per heavy atom. The van der Waals surface area contributed by atoms with Crippen molar-refractivity contribution < 1.29 is 19.4 Å². The second-order valence-electron chi connectivity index (χ2n) is 7.08. The minimum atomic E-state index is -0.819. The number of ether oxygens (including phenoxy) is 1. The summed E-state index contributed by atoms with van der Waals surface area (Å²) >= 11 is 1.32. The fourth-order valence-corrected chi connectivity index (χ4v) is 4.98. The lowest BCUT2D eigenvalue weighted by molar-refractivity contribution is -0.142. The third-order valence-electron chi connectivity index (χ3n) is 5.60. The lowest BCUT2D eigenvalue weighted by Crippen LogP contribution is -2.57. The van der Waals surface area contributed by atoms with Crippen LogP contribution in [-0.4, -0.2) is 40.8 Å². The monoisotopic (exact) mass is 383 g/mol. The summed E-state index contributed by atoms with van der Waals surface area (Å²) < 4.78 is 4.73. The minimum Gasteiger partial charge on any atom is -0.480 e. The predicted molar refractivity (Wildman–Crippen MR) is 105 cm³/mol. The summed E-state index contributed by atoms with van der Waals surface area (Å²) in [6.45, 7) is 0.263. The highest BCUT2D eigenvalue weighted by Crippen LogP contribution is 2.45. The molecule has 0 atom stereocenters. The molecule has 27 heavy (non-hydrogen) atoms. The number of carboxylic acids is 1. The number of hydrogen-bond acceptors (Lipinski definition) is 4. The number of hydrogen-bond donors (Lipinski definition) is 2. The van der Waals surface area contributed by atoms with E-state index in [-0.39, 0.29) is 18.6 Å². The van der Waals surface area contributed by atoms with Crippen LogP contribution in [0.25, 0.3) is 11.1 Å². The first-order valence-corrected chi connectivity index (χ1v) is 10.2. The maximum absolute atomic E-state index is 12.2. The Balaban J connectivity index is 1.38. The molecule has 1 amide bonds. The number of fused-ring (bicyclic) bond motifs is 3. The number of aliphatic carboxylic acids is 1. The number of amides is 1. The third-order valence-corrected chi connectivity index (χ3v) is 6.89. The molecule has 0 radical (unpaired) electrons. The molecule has 2 aromatic carbocycles. The first kappa shape index (κ1) is 17.9. The Hall–Kier alpha value is -2.47. The van der Waals surface area contributed by atoms with Crippen molar-refractivity contribution >= 4 is 23.8 Å². The second kappa shape index (κ2) is 6.93. The van der Waals surface area contributed by atoms with E-state index in [1.807, 2.05) is 24.3 Å². The zero-order valence-electron chi connectivity index (χ0n) is 15.0. The van der Waals surface area contributed by atoms with Crippen LogP contribution < -0.4 is 5.32 Å². The van der Waals surface area contributed by atoms with Crippen LogP contribution in [0.1, 0.15) is 29.9 Å². The van der Waals surface area contributed by atoms with E-state index in [0.717, 1.165) is 0 Å². The quantitative estimate of drug-likeness (QED) is 0.820. The summed E-state index contributed by atoms with van der Waals surface area (Å²) in [5.74, 6) is -0.797. The number of thioether (sulfide) groups is 1. The summed E-state index contributed by atoms with van der Waals surface area (Å²) in [5.41, 5.74) is 4.71. The maximum Gasteiger partial charge on any atom is 0.407 e. The van der Waals surface area contributed by atoms with Gasteiger partial charge in [-0.3, -0.25) is 4.79 Å². The highest BCUT2D eigenvalue weighted by molar-refractivity contribution is 8.00. The van der Waals surface area contributed by atoms with E-state index < -0.39 is 16.8 Å². The van der Waals surface area contributed by atoms with Gasteiger partial charge in [-0.2, -0.15) is 0 Å². The Labute approximate surface area is 162 Å². The molecule has 5 nitrogen and oxygen atoms in total. The molecule has 2 aliphatic rings. The van der Waals surface area contributed by atoms with Gasteiger partial charge in [0.1, 0.15) is 11.4 Å². The van der Waals surface area contributed by atoms with Gasteiger partial charge in [-0.15, -0.1) is 11.8 Å². The van der Waals surface area contributed by atoms with Crippen LogP contribution in [0.4, 0.5) is 4.79 Å². The van der Waals surface area contributed by atoms with Crippen LogP contribution in [0.15, 0.2) is 48.5 Å². The van der Waals surface area contributed by atoms with Crippen LogP contribution in [0, 0.1) is 0 Å². The molecule has 2 aromatic rings. The molecule has 4 rings (SSSR count). The fourth-order valence-electron chi connectivity index (χ4n) is 4.07. The zero-order chi connectivity index (χ0) is 19.0. The van der Waals surface area contributed by atoms with Crippen LogP contribution in [0.3, 0.4) is 0 Å². The highest BCUT2D eigenvalue weighted by atomic mass is 32.2. The van der Waals surface area contributed by atoms with Crippen LogP contribution in [0.2, 0.25) is 0 Å². The molecule has 140 valence electrons. The van der Waals surface area contributed by atoms with Gasteiger partial charge in [0.2, 0.25) is 0 Å². The maximum atomic E-state index is 12.2. The molecule has 1 saturated carbocycles. The van der Waals surface area contributed by atoms with Gasteiger partial charge in [0.25, 0.3) is 0 Å². The Bertz CT molecular complexity index is 846. The van der Waals surface area contributed by atoms with Crippen molar-refractivity contribution in [2.45, 2.75) is 29.5 Å². The van der Waals surface area contributed by atoms with Gasteiger partial charge in [-0.05, 0) is 41.4 Å². The fraction of sp³-hybridized carbons (Fsp3) is 0.333. The van der Waals surface area contributed by atoms with Gasteiger partial charge < -0.3 is 15.2 Å². The number of benzene rings is 2. The molecule has 2 aliphatic carbocycles. The summed E-state index contributed by atoms with van der Waals surface area (Å²) in [7, 11) is 0. The van der Waals surface area contributed by atoms with E-state index in [0.29, 0.717) is 12.8 Å². The van der Waals surface area contributed by atoms with E-state index in [1.165, 1.54) is 34.0 Å². The normalized spacial score (nSPS) is 23.1. The number of carbonyl (C=O) groups is 2. The standard InChI is InChI=1S/C21H21NO4S/c1-27-21(19(23)24)10-13(11-21)22-20(25)26-12-18-16-8-4-2-6-14(16)15-7-3-5-9-17(15)18/h2-9,13,18H,10-12H2,1H3,(H,22,25)(H,23,24). The predicted octanol–water partition coefficient (Wildman–Crippen LogP) is 3.87. The highest BCUT2D eigenvalue weighted by Gasteiger charge is 2.50. The second-order valence-corrected chi connectivity index (χ2v) is 8.27. The summed E-state index contributed by atoms with van der Waals surface area (Å²) in [6.07, 6.45) is 2.15. The van der Waals surface area contributed by atoms with E-state index in [4.69, 9.17) is 4.74 Å². The van der Waals surface area contributed by atoms with Crippen LogP contribution >= 0.6 is 11.8 Å². The number of alkyl carbamates (subject to hydrolysis) is 1. The lowest BCUT2D eigenvalue weighted by atomic mass is 9.79. The van der Waals surface area contributed by atoms with Crippen molar-refractivity contribution in [2.24, 2.45) is 0 Å². The van der Waals surface area contributed by atoms with Gasteiger partial charge in [0.05, 0.1) is 0 Å². The molecular formula is C21H21NO4S. The van der Waals surface area contributed by atoms with Gasteiger partial charge in [0.15, 0.2) is 0 Å². The number of rotatable bonds is 5. The van der Waals surface area contributed by atoms with Crippen molar-refractivity contribution in [3.8, 4) is 11.1 Å². The van der Waals surface area contributed by atoms with Crippen molar-refractivity contribution in [3.05, 3.63) is 59.7 Å². The lowest BCUT2D eigenvalue weighted by Gasteiger charge is -2.42. The smallest absolute Gasteiger partial charge is 0.407 e. The van der Waals surface area contributed by atoms with Gasteiger partial charge in [-0.25, -0.2) is 4.79 Å². The first-order chi connectivity index (χ1) is 13.0. The van der Waals surface area contributed by atoms with Gasteiger partial charge in [-0.1, -0.05) is 48.5 Å². The number of carbonyl (C=O) groups excluding carboxylic acids is 1. The van der Waals surface area contributed by atoms with E-state index in [1.54, 1.807) is 6.26 Å². The molecule has 0 aliphatic heterocycles. The summed E-state index contributed by atoms with van der Waals surface area (Å²) in [5, 5.41) is 12.1. The van der Waals surface area contributed by atoms with E-state index >= 15 is 0 Å². The molecule has 0 saturated heterocycles. The topological polar surface area (TPSA) is 75.6 Å². The first-order valence-electron chi connectivity index (χ1n) is 8.94. The van der Waals surface area contributed by atoms with Gasteiger partial charge in [0, 0.05) is 12.0 Å². The molecule has 0 unspecified atom stereocenters. The van der Waals surface area contributed by atoms with Crippen LogP contribution in [0.5, 0.6) is 0 Å². The molecule has 0 heterocycles. The molecule has 0 bridgehead atoms. The van der Waals surface area contributed by atoms with Gasteiger partial charge >= 0.3 is 12.1 Å². The summed E-state index contributed by atoms with van der Waals surface area (Å²) in [6, 6.07) is 16.2. The van der Waals surface area contributed by atoms with Crippen LogP contribution in [-0.2, 0) is 9.53 Å². The van der Waals surface area contributed by atoms with Crippen molar-refractivity contribution in [1.82, 2.24) is 5.32 Å². The Kier molecular flexibility index (Phi) is 4.60. The van der Waals surface area contributed by atoms with Crippen molar-refractivity contribution in [1.29, 1.82) is 0 Å². The Morgan fingerprint density at radius 3 is 2.19 bits per heavy atom. The SMILES string of the molecule is CSC1(C(=O)O)CC(NC(=O)OCC2c3ccccc3-c3ccccc32)C1. The average molecular weight is 383 g/mol. The molecular weight excluding hydrogens is 362 g/mol. The Morgan fingerprint density at radius 1 is 1.11 bits per heavy atom.